The van der Waals surface area contributed by atoms with E-state index < -0.39 is 4.92 Å². The van der Waals surface area contributed by atoms with E-state index in [1.54, 1.807) is 13.0 Å². The minimum atomic E-state index is -0.441. The van der Waals surface area contributed by atoms with Gasteiger partial charge in [0.2, 0.25) is 0 Å². The molecule has 114 valence electrons. The number of benzene rings is 1. The molecule has 1 heterocycles. The van der Waals surface area contributed by atoms with Crippen molar-refractivity contribution in [1.29, 1.82) is 0 Å². The van der Waals surface area contributed by atoms with Crippen LogP contribution in [-0.2, 0) is 0 Å². The first-order valence-electron chi connectivity index (χ1n) is 7.21. The Labute approximate surface area is 123 Å². The first kappa shape index (κ1) is 15.4. The largest absolute Gasteiger partial charge is 0.396 e. The molecule has 1 aromatic carbocycles. The number of amides is 1. The first-order chi connectivity index (χ1) is 10.0. The summed E-state index contributed by atoms with van der Waals surface area (Å²) in [5, 5.41) is 19.7. The Bertz CT molecular complexity index is 544. The van der Waals surface area contributed by atoms with Crippen molar-refractivity contribution in [3.8, 4) is 0 Å². The van der Waals surface area contributed by atoms with Crippen LogP contribution in [0.3, 0.4) is 0 Å². The maximum absolute atomic E-state index is 12.5. The smallest absolute Gasteiger partial charge is 0.272 e. The van der Waals surface area contributed by atoms with Gasteiger partial charge in [-0.2, -0.15) is 0 Å². The van der Waals surface area contributed by atoms with Crippen molar-refractivity contribution in [1.82, 2.24) is 4.90 Å². The molecule has 1 saturated heterocycles. The second-order valence-electron chi connectivity index (χ2n) is 5.42. The Hall–Kier alpha value is -1.95. The number of aryl methyl sites for hydroxylation is 1. The number of hydrogen-bond acceptors (Lipinski definition) is 4. The van der Waals surface area contributed by atoms with Crippen molar-refractivity contribution < 1.29 is 14.8 Å². The fraction of sp³-hybridized carbons (Fsp3) is 0.533. The van der Waals surface area contributed by atoms with E-state index in [1.165, 1.54) is 12.1 Å². The molecule has 6 nitrogen and oxygen atoms in total. The zero-order valence-electron chi connectivity index (χ0n) is 12.1. The van der Waals surface area contributed by atoms with Crippen LogP contribution in [0.25, 0.3) is 0 Å². The van der Waals surface area contributed by atoms with Gasteiger partial charge in [0.05, 0.1) is 4.92 Å². The summed E-state index contributed by atoms with van der Waals surface area (Å²) in [4.78, 5) is 24.8. The van der Waals surface area contributed by atoms with Crippen LogP contribution in [0, 0.1) is 17.0 Å². The number of nitro benzene ring substituents is 1. The molecule has 0 aliphatic carbocycles. The highest BCUT2D eigenvalue weighted by molar-refractivity contribution is 5.95. The Morgan fingerprint density at radius 1 is 1.52 bits per heavy atom. The molecular weight excluding hydrogens is 272 g/mol. The van der Waals surface area contributed by atoms with Crippen LogP contribution < -0.4 is 0 Å². The van der Waals surface area contributed by atoms with Gasteiger partial charge in [0, 0.05) is 36.4 Å². The summed E-state index contributed by atoms with van der Waals surface area (Å²) >= 11 is 0. The van der Waals surface area contributed by atoms with Gasteiger partial charge in [0.1, 0.15) is 0 Å². The molecule has 1 aliphatic rings. The Morgan fingerprint density at radius 3 is 2.90 bits per heavy atom. The molecule has 0 aromatic heterocycles. The minimum Gasteiger partial charge on any atom is -0.396 e. The summed E-state index contributed by atoms with van der Waals surface area (Å²) in [5.41, 5.74) is 1.02. The van der Waals surface area contributed by atoms with Gasteiger partial charge in [-0.05, 0) is 44.7 Å². The number of nitrogens with zero attached hydrogens (tertiary/aromatic N) is 2. The summed E-state index contributed by atoms with van der Waals surface area (Å²) in [5.74, 6) is -0.0755. The van der Waals surface area contributed by atoms with Gasteiger partial charge in [0.15, 0.2) is 0 Å². The Kier molecular flexibility index (Phi) is 4.90. The van der Waals surface area contributed by atoms with Gasteiger partial charge in [-0.15, -0.1) is 0 Å². The fourth-order valence-electron chi connectivity index (χ4n) is 2.89. The monoisotopic (exact) mass is 292 g/mol. The number of carbonyl (C=O) groups excluding carboxylic acids is 1. The Balaban J connectivity index is 2.15. The molecule has 2 rings (SSSR count). The second-order valence-corrected chi connectivity index (χ2v) is 5.42. The number of likely N-dealkylation sites (tertiary alicyclic amines) is 1. The third kappa shape index (κ3) is 3.39. The zero-order chi connectivity index (χ0) is 15.4. The van der Waals surface area contributed by atoms with Crippen LogP contribution in [0.5, 0.6) is 0 Å². The van der Waals surface area contributed by atoms with E-state index in [0.717, 1.165) is 19.3 Å². The highest BCUT2D eigenvalue weighted by Crippen LogP contribution is 2.25. The minimum absolute atomic E-state index is 0.0322. The van der Waals surface area contributed by atoms with Crippen molar-refractivity contribution in [2.24, 2.45) is 0 Å². The summed E-state index contributed by atoms with van der Waals surface area (Å²) in [6.45, 7) is 2.49. The zero-order valence-corrected chi connectivity index (χ0v) is 12.1. The molecule has 0 spiro atoms. The number of rotatable bonds is 5. The quantitative estimate of drug-likeness (QED) is 0.666. The van der Waals surface area contributed by atoms with Crippen LogP contribution in [0.4, 0.5) is 5.69 Å². The Morgan fingerprint density at radius 2 is 2.29 bits per heavy atom. The lowest BCUT2D eigenvalue weighted by molar-refractivity contribution is -0.385. The van der Waals surface area contributed by atoms with Crippen molar-refractivity contribution in [2.45, 2.75) is 38.6 Å². The topological polar surface area (TPSA) is 83.7 Å². The summed E-state index contributed by atoms with van der Waals surface area (Å²) in [7, 11) is 0. The van der Waals surface area contributed by atoms with Crippen molar-refractivity contribution in [3.63, 3.8) is 0 Å². The standard InChI is InChI=1S/C15H20N2O4/c1-11-10-12(6-7-14(11)17(20)21)15(19)16-8-2-4-13(16)5-3-9-18/h6-7,10,13,18H,2-5,8-9H2,1H3. The van der Waals surface area contributed by atoms with Crippen LogP contribution in [0.1, 0.15) is 41.6 Å². The van der Waals surface area contributed by atoms with E-state index in [9.17, 15) is 14.9 Å². The molecule has 1 N–H and O–H groups in total. The molecule has 1 aromatic rings. The molecule has 0 saturated carbocycles. The number of hydrogen-bond donors (Lipinski definition) is 1. The third-order valence-electron chi connectivity index (χ3n) is 3.97. The highest BCUT2D eigenvalue weighted by atomic mass is 16.6. The SMILES string of the molecule is Cc1cc(C(=O)N2CCCC2CCCO)ccc1[N+](=O)[O-]. The fourth-order valence-corrected chi connectivity index (χ4v) is 2.89. The van der Waals surface area contributed by atoms with Crippen LogP contribution in [0.2, 0.25) is 0 Å². The molecule has 0 bridgehead atoms. The first-order valence-corrected chi connectivity index (χ1v) is 7.21. The summed E-state index contributed by atoms with van der Waals surface area (Å²) in [6.07, 6.45) is 3.41. The molecule has 21 heavy (non-hydrogen) atoms. The molecule has 0 radical (unpaired) electrons. The molecular formula is C15H20N2O4. The lowest BCUT2D eigenvalue weighted by atomic mass is 10.1. The van der Waals surface area contributed by atoms with Crippen molar-refractivity contribution in [3.05, 3.63) is 39.4 Å². The van der Waals surface area contributed by atoms with E-state index in [1.807, 2.05) is 4.90 Å². The van der Waals surface area contributed by atoms with Gasteiger partial charge >= 0.3 is 0 Å². The van der Waals surface area contributed by atoms with Gasteiger partial charge in [-0.25, -0.2) is 0 Å². The van der Waals surface area contributed by atoms with Crippen molar-refractivity contribution in [2.75, 3.05) is 13.2 Å². The molecule has 1 aliphatic heterocycles. The molecule has 6 heteroatoms. The average molecular weight is 292 g/mol. The van der Waals surface area contributed by atoms with Crippen LogP contribution in [0.15, 0.2) is 18.2 Å². The van der Waals surface area contributed by atoms with Gasteiger partial charge in [0.25, 0.3) is 11.6 Å². The lowest BCUT2D eigenvalue weighted by Gasteiger charge is -2.24. The lowest BCUT2D eigenvalue weighted by Crippen LogP contribution is -2.35. The maximum atomic E-state index is 12.5. The maximum Gasteiger partial charge on any atom is 0.272 e. The molecule has 1 fully saturated rings. The number of carbonyl (C=O) groups is 1. The predicted octanol–water partition coefficient (Wildman–Crippen LogP) is 2.28. The van der Waals surface area contributed by atoms with E-state index in [-0.39, 0.29) is 24.2 Å². The van der Waals surface area contributed by atoms with Crippen LogP contribution in [-0.4, -0.2) is 40.0 Å². The molecule has 1 unspecified atom stereocenters. The van der Waals surface area contributed by atoms with E-state index in [4.69, 9.17) is 5.11 Å². The number of nitro groups is 1. The average Bonchev–Trinajstić information content (AvgIpc) is 2.92. The van der Waals surface area contributed by atoms with Gasteiger partial charge < -0.3 is 10.0 Å². The number of aliphatic hydroxyl groups is 1. The van der Waals surface area contributed by atoms with E-state index >= 15 is 0 Å². The molecule has 1 amide bonds. The van der Waals surface area contributed by atoms with E-state index in [2.05, 4.69) is 0 Å². The predicted molar refractivity (Wildman–Crippen MR) is 78.2 cm³/mol. The summed E-state index contributed by atoms with van der Waals surface area (Å²) in [6, 6.07) is 4.66. The highest BCUT2D eigenvalue weighted by Gasteiger charge is 2.29. The normalized spacial score (nSPS) is 18.0. The third-order valence-corrected chi connectivity index (χ3v) is 3.97. The van der Waals surface area contributed by atoms with E-state index in [0.29, 0.717) is 24.1 Å². The van der Waals surface area contributed by atoms with Gasteiger partial charge in [-0.1, -0.05) is 0 Å². The van der Waals surface area contributed by atoms with Crippen LogP contribution >= 0.6 is 0 Å². The summed E-state index contributed by atoms with van der Waals surface area (Å²) < 4.78 is 0. The van der Waals surface area contributed by atoms with Gasteiger partial charge in [-0.3, -0.25) is 14.9 Å². The van der Waals surface area contributed by atoms with Crippen molar-refractivity contribution >= 4 is 11.6 Å². The molecule has 1 atom stereocenters. The number of aliphatic hydroxyl groups excluding tert-OH is 1. The second kappa shape index (κ2) is 6.67.